The Bertz CT molecular complexity index is 2480. The number of carbonyl (C=O) groups is 3. The van der Waals surface area contributed by atoms with Crippen LogP contribution in [0.4, 0.5) is 28.4 Å². The summed E-state index contributed by atoms with van der Waals surface area (Å²) < 4.78 is 24.8. The summed E-state index contributed by atoms with van der Waals surface area (Å²) in [6.45, 7) is 5.91. The van der Waals surface area contributed by atoms with Gasteiger partial charge in [-0.15, -0.1) is 0 Å². The summed E-state index contributed by atoms with van der Waals surface area (Å²) in [7, 11) is 8.96. The summed E-state index contributed by atoms with van der Waals surface area (Å²) in [4.78, 5) is 51.7. The first-order valence-corrected chi connectivity index (χ1v) is 23.0. The molecule has 4 heterocycles. The van der Waals surface area contributed by atoms with Crippen molar-refractivity contribution >= 4 is 57.9 Å². The van der Waals surface area contributed by atoms with Gasteiger partial charge in [-0.2, -0.15) is 11.8 Å². The van der Waals surface area contributed by atoms with Gasteiger partial charge in [-0.3, -0.25) is 14.4 Å². The number of thioether (sulfide) groups is 1. The highest BCUT2D eigenvalue weighted by Gasteiger charge is 2.41. The van der Waals surface area contributed by atoms with E-state index >= 15 is 0 Å². The molecule has 2 atom stereocenters. The Kier molecular flexibility index (Phi) is 11.9. The number of hydrogen-bond donors (Lipinski definition) is 0. The van der Waals surface area contributed by atoms with Crippen molar-refractivity contribution in [1.29, 1.82) is 0 Å². The lowest BCUT2D eigenvalue weighted by Crippen LogP contribution is -2.41. The molecule has 0 fully saturated rings. The highest BCUT2D eigenvalue weighted by atomic mass is 32.2. The van der Waals surface area contributed by atoms with Gasteiger partial charge in [-0.1, -0.05) is 50.2 Å². The van der Waals surface area contributed by atoms with Crippen molar-refractivity contribution in [3.63, 3.8) is 0 Å². The van der Waals surface area contributed by atoms with Gasteiger partial charge < -0.3 is 43.4 Å². The third-order valence-corrected chi connectivity index (χ3v) is 14.0. The normalized spacial score (nSPS) is 17.2. The zero-order valence-corrected chi connectivity index (χ0v) is 38.4. The number of likely N-dealkylation sites (N-methyl/N-ethyl adjacent to an activating group) is 2. The Morgan fingerprint density at radius 1 is 0.672 bits per heavy atom. The number of methoxy groups -OCH3 is 2. The number of fused-ring (bicyclic) bond motifs is 8. The lowest BCUT2D eigenvalue weighted by Gasteiger charge is -2.25. The highest BCUT2D eigenvalue weighted by molar-refractivity contribution is 7.99. The minimum absolute atomic E-state index is 0.00885. The predicted octanol–water partition coefficient (Wildman–Crippen LogP) is 8.26. The standard InChI is InChI=1S/C51H55N5O7S/c1-31(2)29-64-30-49(57)54(5)36-17-32(27-62-47-23-43-39(21-45(47)60-6)50(58)55-37(25-52(43)3)19-34-12-8-10-14-41(34)55)16-33(18-36)28-63-48-24-44-40(22-46(48)61-7)51(59)56-38(26-53(44)4)20-35-13-9-11-15-42(35)56/h8-18,21-24,31,37-38H,19-20,25-30H2,1-7H3/t37-,38-/m0/s1. The predicted molar refractivity (Wildman–Crippen MR) is 255 cm³/mol. The van der Waals surface area contributed by atoms with Gasteiger partial charge in [0.05, 0.1) is 54.6 Å². The van der Waals surface area contributed by atoms with Crippen LogP contribution >= 0.6 is 11.8 Å². The molecule has 5 aromatic rings. The largest absolute Gasteiger partial charge is 0.493 e. The van der Waals surface area contributed by atoms with Crippen LogP contribution in [-0.4, -0.2) is 89.8 Å². The molecule has 9 rings (SSSR count). The molecule has 3 amide bonds. The topological polar surface area (TPSA) is 104 Å². The number of ether oxygens (including phenoxy) is 4. The van der Waals surface area contributed by atoms with Gasteiger partial charge in [0.25, 0.3) is 11.8 Å². The summed E-state index contributed by atoms with van der Waals surface area (Å²) in [5.41, 5.74) is 9.22. The lowest BCUT2D eigenvalue weighted by molar-refractivity contribution is -0.115. The smallest absolute Gasteiger partial charge is 0.260 e. The molecule has 0 N–H and O–H groups in total. The summed E-state index contributed by atoms with van der Waals surface area (Å²) in [6, 6.07) is 29.5. The second-order valence-electron chi connectivity index (χ2n) is 17.6. The fourth-order valence-electron chi connectivity index (χ4n) is 9.52. The van der Waals surface area contributed by atoms with Crippen LogP contribution < -0.4 is 43.4 Å². The number of carbonyl (C=O) groups excluding carboxylic acids is 3. The van der Waals surface area contributed by atoms with Crippen molar-refractivity contribution in [2.24, 2.45) is 5.92 Å². The van der Waals surface area contributed by atoms with E-state index in [0.717, 1.165) is 52.5 Å². The van der Waals surface area contributed by atoms with E-state index in [2.05, 4.69) is 35.8 Å². The number of hydrogen-bond acceptors (Lipinski definition) is 10. The van der Waals surface area contributed by atoms with Crippen LogP contribution in [0.15, 0.2) is 91.0 Å². The number of para-hydroxylation sites is 2. The first-order chi connectivity index (χ1) is 30.9. The van der Waals surface area contributed by atoms with Gasteiger partial charge in [0, 0.05) is 63.4 Å². The number of benzene rings is 5. The molecule has 4 aliphatic heterocycles. The molecule has 12 nitrogen and oxygen atoms in total. The first-order valence-electron chi connectivity index (χ1n) is 21.8. The van der Waals surface area contributed by atoms with E-state index in [0.29, 0.717) is 64.6 Å². The molecule has 0 spiro atoms. The second kappa shape index (κ2) is 17.7. The minimum atomic E-state index is -0.0637. The quantitative estimate of drug-likeness (QED) is 0.115. The molecule has 64 heavy (non-hydrogen) atoms. The van der Waals surface area contributed by atoms with Crippen LogP contribution in [0.1, 0.15) is 56.8 Å². The molecule has 13 heteroatoms. The number of amides is 3. The second-order valence-corrected chi connectivity index (χ2v) is 18.6. The maximum Gasteiger partial charge on any atom is 0.260 e. The SMILES string of the molecule is COc1cc2c(cc1OCc1cc(COc3cc4c(cc3OC)C(=O)N3c5ccccc5C[C@H]3CN4C)cc(N(C)C(=O)CSCC(C)C)c1)N(C)C[C@@H]1Cc3ccccc3N1C2=O. The third kappa shape index (κ3) is 8.06. The van der Waals surface area contributed by atoms with Gasteiger partial charge in [-0.05, 0) is 89.2 Å². The Hall–Kier alpha value is -6.34. The maximum absolute atomic E-state index is 14.2. The van der Waals surface area contributed by atoms with Gasteiger partial charge >= 0.3 is 0 Å². The van der Waals surface area contributed by atoms with E-state index in [4.69, 9.17) is 18.9 Å². The van der Waals surface area contributed by atoms with E-state index in [1.165, 1.54) is 11.1 Å². The van der Waals surface area contributed by atoms with E-state index in [9.17, 15) is 14.4 Å². The van der Waals surface area contributed by atoms with E-state index in [1.54, 1.807) is 50.1 Å². The van der Waals surface area contributed by atoms with Gasteiger partial charge in [0.2, 0.25) is 5.91 Å². The van der Waals surface area contributed by atoms with Crippen LogP contribution in [0.2, 0.25) is 0 Å². The average Bonchev–Trinajstić information content (AvgIpc) is 3.80. The fraction of sp³-hybridized carbons (Fsp3) is 0.353. The monoisotopic (exact) mass is 881 g/mol. The average molecular weight is 882 g/mol. The van der Waals surface area contributed by atoms with Crippen molar-refractivity contribution in [2.75, 3.05) is 84.5 Å². The Morgan fingerprint density at radius 2 is 1.14 bits per heavy atom. The zero-order chi connectivity index (χ0) is 44.8. The highest BCUT2D eigenvalue weighted by Crippen LogP contribution is 2.44. The van der Waals surface area contributed by atoms with Crippen molar-refractivity contribution in [3.8, 4) is 23.0 Å². The molecular formula is C51H55N5O7S. The Balaban J connectivity index is 0.994. The molecule has 0 saturated carbocycles. The zero-order valence-electron chi connectivity index (χ0n) is 37.6. The first kappa shape index (κ1) is 42.9. The molecule has 0 unspecified atom stereocenters. The Labute approximate surface area is 379 Å². The molecule has 0 saturated heterocycles. The Morgan fingerprint density at radius 3 is 1.59 bits per heavy atom. The van der Waals surface area contributed by atoms with Gasteiger partial charge in [-0.25, -0.2) is 0 Å². The molecule has 4 aliphatic rings. The van der Waals surface area contributed by atoms with Crippen LogP contribution in [-0.2, 0) is 30.8 Å². The summed E-state index contributed by atoms with van der Waals surface area (Å²) >= 11 is 1.62. The van der Waals surface area contributed by atoms with Crippen molar-refractivity contribution in [3.05, 3.63) is 124 Å². The summed E-state index contributed by atoms with van der Waals surface area (Å²) in [5.74, 6) is 3.47. The van der Waals surface area contributed by atoms with Crippen LogP contribution in [0.3, 0.4) is 0 Å². The van der Waals surface area contributed by atoms with Crippen LogP contribution in [0.5, 0.6) is 23.0 Å². The van der Waals surface area contributed by atoms with Crippen molar-refractivity contribution in [1.82, 2.24) is 0 Å². The molecular weight excluding hydrogens is 827 g/mol. The summed E-state index contributed by atoms with van der Waals surface area (Å²) in [6.07, 6.45) is 1.59. The number of anilines is 5. The molecule has 5 aromatic carbocycles. The van der Waals surface area contributed by atoms with Crippen molar-refractivity contribution in [2.45, 2.75) is 52.0 Å². The van der Waals surface area contributed by atoms with Gasteiger partial charge in [0.1, 0.15) is 13.2 Å². The van der Waals surface area contributed by atoms with E-state index in [1.807, 2.05) is 90.6 Å². The maximum atomic E-state index is 14.2. The van der Waals surface area contributed by atoms with Gasteiger partial charge in [0.15, 0.2) is 23.0 Å². The fourth-order valence-corrected chi connectivity index (χ4v) is 10.5. The van der Waals surface area contributed by atoms with E-state index in [-0.39, 0.29) is 43.0 Å². The molecule has 0 radical (unpaired) electrons. The van der Waals surface area contributed by atoms with Crippen LogP contribution in [0.25, 0.3) is 0 Å². The van der Waals surface area contributed by atoms with Crippen molar-refractivity contribution < 1.29 is 33.3 Å². The number of rotatable bonds is 13. The third-order valence-electron chi connectivity index (χ3n) is 12.7. The lowest BCUT2D eigenvalue weighted by atomic mass is 10.1. The molecule has 0 aliphatic carbocycles. The molecule has 332 valence electrons. The van der Waals surface area contributed by atoms with Crippen LogP contribution in [0, 0.1) is 5.92 Å². The van der Waals surface area contributed by atoms with E-state index < -0.39 is 0 Å². The minimum Gasteiger partial charge on any atom is -0.493 e. The molecule has 0 bridgehead atoms. The summed E-state index contributed by atoms with van der Waals surface area (Å²) in [5, 5.41) is 0. The number of nitrogens with zero attached hydrogens (tertiary/aromatic N) is 5. The molecule has 0 aromatic heterocycles.